The van der Waals surface area contributed by atoms with Gasteiger partial charge in [0.15, 0.2) is 5.69 Å². The number of aliphatic carboxylic acids is 1. The molecule has 1 heterocycles. The second-order valence-corrected chi connectivity index (χ2v) is 4.46. The van der Waals surface area contributed by atoms with E-state index in [4.69, 9.17) is 14.6 Å². The molecule has 0 aliphatic carbocycles. The summed E-state index contributed by atoms with van der Waals surface area (Å²) >= 11 is 0. The lowest BCUT2D eigenvalue weighted by Gasteiger charge is -2.18. The third-order valence-electron chi connectivity index (χ3n) is 1.56. The number of carboxylic acid groups (broad SMARTS) is 1. The minimum absolute atomic E-state index is 0.139. The summed E-state index contributed by atoms with van der Waals surface area (Å²) in [7, 11) is 0. The van der Waals surface area contributed by atoms with Crippen LogP contribution in [0.25, 0.3) is 0 Å². The van der Waals surface area contributed by atoms with Gasteiger partial charge in [-0.2, -0.15) is 5.10 Å². The largest absolute Gasteiger partial charge is 0.472 e. The van der Waals surface area contributed by atoms with E-state index in [0.29, 0.717) is 0 Å². The molecule has 8 heteroatoms. The van der Waals surface area contributed by atoms with E-state index < -0.39 is 29.7 Å². The fraction of sp³-hybridized carbons (Fsp3) is 0.417. The number of alkyl halides is 2. The van der Waals surface area contributed by atoms with Crippen molar-refractivity contribution >= 4 is 11.9 Å². The quantitative estimate of drug-likeness (QED) is 0.641. The van der Waals surface area contributed by atoms with Gasteiger partial charge < -0.3 is 9.84 Å². The Morgan fingerprint density at radius 1 is 1.50 bits per heavy atom. The number of nitrogens with zero attached hydrogens (tertiary/aromatic N) is 1. The lowest BCUT2D eigenvalue weighted by Crippen LogP contribution is -2.24. The Kier molecular flexibility index (Phi) is 6.35. The van der Waals surface area contributed by atoms with Crippen LogP contribution in [-0.4, -0.2) is 32.8 Å². The summed E-state index contributed by atoms with van der Waals surface area (Å²) in [6, 6.07) is 0.985. The number of aromatic nitrogens is 2. The first-order valence-corrected chi connectivity index (χ1v) is 5.33. The molecule has 0 fully saturated rings. The first-order valence-electron chi connectivity index (χ1n) is 5.33. The summed E-state index contributed by atoms with van der Waals surface area (Å²) in [5, 5.41) is 13.0. The van der Waals surface area contributed by atoms with Gasteiger partial charge in [-0.1, -0.05) is 0 Å². The van der Waals surface area contributed by atoms with Crippen molar-refractivity contribution in [3.05, 3.63) is 17.5 Å². The molecule has 1 aromatic rings. The number of carbonyl (C=O) groups is 2. The molecular formula is C12H14F2N2O4. The molecule has 0 aliphatic heterocycles. The van der Waals surface area contributed by atoms with Crippen LogP contribution in [0.4, 0.5) is 8.78 Å². The number of aromatic amines is 1. The zero-order valence-corrected chi connectivity index (χ0v) is 11.1. The molecule has 0 atom stereocenters. The number of nitrogens with one attached hydrogen (secondary N) is 1. The Morgan fingerprint density at radius 3 is 2.30 bits per heavy atom. The molecule has 0 bridgehead atoms. The monoisotopic (exact) mass is 288 g/mol. The van der Waals surface area contributed by atoms with Crippen LogP contribution in [0.15, 0.2) is 6.07 Å². The van der Waals surface area contributed by atoms with Gasteiger partial charge >= 0.3 is 11.9 Å². The van der Waals surface area contributed by atoms with Gasteiger partial charge in [0.1, 0.15) is 11.3 Å². The van der Waals surface area contributed by atoms with Crippen molar-refractivity contribution in [3.8, 4) is 12.3 Å². The number of halogens is 2. The highest BCUT2D eigenvalue weighted by molar-refractivity contribution is 5.87. The highest BCUT2D eigenvalue weighted by Crippen LogP contribution is 2.18. The molecule has 6 nitrogen and oxygen atoms in total. The Hall–Kier alpha value is -2.43. The Morgan fingerprint density at radius 2 is 2.00 bits per heavy atom. The fourth-order valence-corrected chi connectivity index (χ4v) is 0.883. The first-order chi connectivity index (χ1) is 9.06. The molecule has 0 spiro atoms. The summed E-state index contributed by atoms with van der Waals surface area (Å²) in [4.78, 5) is 20.5. The highest BCUT2D eigenvalue weighted by atomic mass is 19.3. The van der Waals surface area contributed by atoms with Crippen molar-refractivity contribution < 1.29 is 28.2 Å². The van der Waals surface area contributed by atoms with Crippen molar-refractivity contribution in [2.24, 2.45) is 0 Å². The summed E-state index contributed by atoms with van der Waals surface area (Å²) < 4.78 is 29.3. The van der Waals surface area contributed by atoms with E-state index in [1.165, 1.54) is 5.92 Å². The van der Waals surface area contributed by atoms with E-state index in [0.717, 1.165) is 6.07 Å². The number of carbonyl (C=O) groups excluding carboxylic acids is 1. The Balaban J connectivity index is 0.000000621. The molecule has 0 radical (unpaired) electrons. The molecule has 0 amide bonds. The molecule has 0 unspecified atom stereocenters. The molecule has 1 aromatic heterocycles. The van der Waals surface area contributed by atoms with Gasteiger partial charge in [0.2, 0.25) is 0 Å². The summed E-state index contributed by atoms with van der Waals surface area (Å²) in [6.45, 7) is 5.06. The number of hydrogen-bond acceptors (Lipinski definition) is 4. The van der Waals surface area contributed by atoms with E-state index in [-0.39, 0.29) is 5.69 Å². The van der Waals surface area contributed by atoms with Crippen LogP contribution in [0, 0.1) is 12.3 Å². The third-order valence-corrected chi connectivity index (χ3v) is 1.56. The predicted molar refractivity (Wildman–Crippen MR) is 65.2 cm³/mol. The molecule has 20 heavy (non-hydrogen) atoms. The third kappa shape index (κ3) is 7.10. The standard InChI is InChI=1S/C9H12F2N2O2.C3H2O2/c1-9(2,3)15-8(14)6-4-5(7(10)11)12-13-6;1-2-3(4)5/h4,7H,1-3H3,(H,12,13);1H,(H,4,5). The van der Waals surface area contributed by atoms with Gasteiger partial charge in [-0.05, 0) is 26.8 Å². The van der Waals surface area contributed by atoms with Gasteiger partial charge in [0.05, 0.1) is 0 Å². The van der Waals surface area contributed by atoms with Crippen LogP contribution in [0.3, 0.4) is 0 Å². The van der Waals surface area contributed by atoms with E-state index in [1.807, 2.05) is 0 Å². The van der Waals surface area contributed by atoms with Crippen LogP contribution >= 0.6 is 0 Å². The summed E-state index contributed by atoms with van der Waals surface area (Å²) in [5.41, 5.74) is -1.20. The number of rotatable bonds is 2. The van der Waals surface area contributed by atoms with Crippen LogP contribution in [0.5, 0.6) is 0 Å². The van der Waals surface area contributed by atoms with Crippen LogP contribution in [0.2, 0.25) is 0 Å². The SMILES string of the molecule is C#CC(=O)O.CC(C)(C)OC(=O)c1cc(C(F)F)[nH]n1. The maximum absolute atomic E-state index is 12.2. The van der Waals surface area contributed by atoms with E-state index in [9.17, 15) is 13.6 Å². The molecule has 0 aromatic carbocycles. The maximum Gasteiger partial charge on any atom is 0.381 e. The number of ether oxygens (including phenoxy) is 1. The van der Waals surface area contributed by atoms with Gasteiger partial charge in [-0.25, -0.2) is 18.4 Å². The lowest BCUT2D eigenvalue weighted by molar-refractivity contribution is -0.130. The molecule has 2 N–H and O–H groups in total. The van der Waals surface area contributed by atoms with Crippen molar-refractivity contribution in [1.82, 2.24) is 10.2 Å². The van der Waals surface area contributed by atoms with Crippen molar-refractivity contribution in [2.45, 2.75) is 32.8 Å². The number of hydrogen-bond donors (Lipinski definition) is 2. The number of carboxylic acids is 1. The lowest BCUT2D eigenvalue weighted by atomic mass is 10.2. The smallest absolute Gasteiger partial charge is 0.381 e. The van der Waals surface area contributed by atoms with Crippen LogP contribution in [-0.2, 0) is 9.53 Å². The zero-order valence-electron chi connectivity index (χ0n) is 11.1. The average Bonchev–Trinajstić information content (AvgIpc) is 2.76. The molecule has 110 valence electrons. The predicted octanol–water partition coefficient (Wildman–Crippen LogP) is 2.01. The highest BCUT2D eigenvalue weighted by Gasteiger charge is 2.21. The van der Waals surface area contributed by atoms with Crippen LogP contribution < -0.4 is 0 Å². The Bertz CT molecular complexity index is 512. The molecular weight excluding hydrogens is 274 g/mol. The summed E-state index contributed by atoms with van der Waals surface area (Å²) in [5.74, 6) is -0.490. The van der Waals surface area contributed by atoms with Crippen LogP contribution in [0.1, 0.15) is 43.4 Å². The van der Waals surface area contributed by atoms with E-state index in [2.05, 4.69) is 16.6 Å². The topological polar surface area (TPSA) is 92.3 Å². The fourth-order valence-electron chi connectivity index (χ4n) is 0.883. The minimum Gasteiger partial charge on any atom is -0.472 e. The second-order valence-electron chi connectivity index (χ2n) is 4.46. The average molecular weight is 288 g/mol. The molecule has 0 saturated carbocycles. The number of H-pyrrole nitrogens is 1. The number of esters is 1. The number of terminal acetylenes is 1. The van der Waals surface area contributed by atoms with Crippen molar-refractivity contribution in [2.75, 3.05) is 0 Å². The normalized spacial score (nSPS) is 10.2. The van der Waals surface area contributed by atoms with Gasteiger partial charge in [-0.3, -0.25) is 5.10 Å². The summed E-state index contributed by atoms with van der Waals surface area (Å²) in [6.07, 6.45) is 1.65. The zero-order chi connectivity index (χ0) is 15.9. The van der Waals surface area contributed by atoms with Gasteiger partial charge in [-0.15, -0.1) is 6.42 Å². The van der Waals surface area contributed by atoms with Crippen molar-refractivity contribution in [3.63, 3.8) is 0 Å². The van der Waals surface area contributed by atoms with E-state index in [1.54, 1.807) is 20.8 Å². The maximum atomic E-state index is 12.2. The van der Waals surface area contributed by atoms with Gasteiger partial charge in [0, 0.05) is 5.92 Å². The first kappa shape index (κ1) is 17.6. The van der Waals surface area contributed by atoms with Crippen molar-refractivity contribution in [1.29, 1.82) is 0 Å². The molecule has 0 saturated heterocycles. The van der Waals surface area contributed by atoms with Gasteiger partial charge in [0.25, 0.3) is 6.43 Å². The second kappa shape index (κ2) is 7.23. The molecule has 0 aliphatic rings. The minimum atomic E-state index is -2.67. The van der Waals surface area contributed by atoms with E-state index >= 15 is 0 Å². The Labute approximate surface area is 114 Å². The molecule has 1 rings (SSSR count).